The molecule has 24 heavy (non-hydrogen) atoms. The number of amides is 1. The number of carbonyl (C=O) groups excluding carboxylic acids is 1. The molecule has 1 amide bonds. The molecule has 1 aliphatic heterocycles. The Morgan fingerprint density at radius 1 is 1.33 bits per heavy atom. The van der Waals surface area contributed by atoms with E-state index in [0.717, 1.165) is 48.9 Å². The van der Waals surface area contributed by atoms with Crippen molar-refractivity contribution in [2.45, 2.75) is 32.6 Å². The number of nitrogens with zero attached hydrogens (tertiary/aromatic N) is 2. The minimum absolute atomic E-state index is 0.101. The molecule has 0 spiro atoms. The maximum Gasteiger partial charge on any atom is 0.220 e. The molecular weight excluding hydrogens is 300 g/mol. The third-order valence-electron chi connectivity index (χ3n) is 4.74. The fourth-order valence-electron chi connectivity index (χ4n) is 3.06. The van der Waals surface area contributed by atoms with Crippen LogP contribution in [0.5, 0.6) is 0 Å². The first-order valence-electron chi connectivity index (χ1n) is 9.00. The van der Waals surface area contributed by atoms with E-state index < -0.39 is 0 Å². The molecule has 1 saturated heterocycles. The van der Waals surface area contributed by atoms with Crippen LogP contribution in [0.1, 0.15) is 31.7 Å². The molecule has 2 rings (SSSR count). The number of hydrogen-bond acceptors (Lipinski definition) is 4. The number of carbonyl (C=O) groups is 1. The van der Waals surface area contributed by atoms with Gasteiger partial charge in [-0.25, -0.2) is 0 Å². The molecular formula is C19H32N4O. The molecule has 1 fully saturated rings. The predicted molar refractivity (Wildman–Crippen MR) is 101 cm³/mol. The first-order chi connectivity index (χ1) is 11.5. The van der Waals surface area contributed by atoms with Crippen molar-refractivity contribution in [2.24, 2.45) is 5.92 Å². The molecule has 0 atom stereocenters. The van der Waals surface area contributed by atoms with Gasteiger partial charge in [-0.15, -0.1) is 0 Å². The fraction of sp³-hybridized carbons (Fsp3) is 0.632. The van der Waals surface area contributed by atoms with Crippen LogP contribution in [0.4, 0.5) is 11.4 Å². The van der Waals surface area contributed by atoms with Gasteiger partial charge in [0.2, 0.25) is 5.91 Å². The Morgan fingerprint density at radius 3 is 2.67 bits per heavy atom. The highest BCUT2D eigenvalue weighted by Gasteiger charge is 2.17. The Morgan fingerprint density at radius 2 is 2.04 bits per heavy atom. The zero-order chi connectivity index (χ0) is 17.5. The molecule has 0 bridgehead atoms. The monoisotopic (exact) mass is 332 g/mol. The summed E-state index contributed by atoms with van der Waals surface area (Å²) in [5.41, 5.74) is 9.36. The van der Waals surface area contributed by atoms with Crippen LogP contribution in [0.25, 0.3) is 0 Å². The van der Waals surface area contributed by atoms with Crippen molar-refractivity contribution < 1.29 is 4.79 Å². The lowest BCUT2D eigenvalue weighted by atomic mass is 9.98. The summed E-state index contributed by atoms with van der Waals surface area (Å²) in [5, 5.41) is 2.95. The van der Waals surface area contributed by atoms with Gasteiger partial charge >= 0.3 is 0 Å². The number of nitrogens with two attached hydrogens (primary N) is 1. The van der Waals surface area contributed by atoms with E-state index in [1.807, 2.05) is 20.2 Å². The van der Waals surface area contributed by atoms with Crippen LogP contribution in [0, 0.1) is 5.92 Å². The number of aryl methyl sites for hydroxylation is 1. The molecule has 1 aliphatic rings. The number of anilines is 2. The van der Waals surface area contributed by atoms with Gasteiger partial charge < -0.3 is 20.9 Å². The number of hydrogen-bond donors (Lipinski definition) is 2. The van der Waals surface area contributed by atoms with Gasteiger partial charge in [-0.3, -0.25) is 4.79 Å². The van der Waals surface area contributed by atoms with Crippen molar-refractivity contribution in [1.29, 1.82) is 0 Å². The Kier molecular flexibility index (Phi) is 6.91. The van der Waals surface area contributed by atoms with Crippen LogP contribution in [0.15, 0.2) is 18.2 Å². The molecule has 0 aliphatic carbocycles. The van der Waals surface area contributed by atoms with Gasteiger partial charge in [0, 0.05) is 32.6 Å². The number of likely N-dealkylation sites (N-methyl/N-ethyl adjacent to an activating group) is 1. The summed E-state index contributed by atoms with van der Waals surface area (Å²) >= 11 is 0. The van der Waals surface area contributed by atoms with Crippen LogP contribution >= 0.6 is 0 Å². The fourth-order valence-corrected chi connectivity index (χ4v) is 3.06. The number of piperidine rings is 1. The van der Waals surface area contributed by atoms with Gasteiger partial charge in [-0.2, -0.15) is 0 Å². The second-order valence-electron chi connectivity index (χ2n) is 7.22. The average molecular weight is 332 g/mol. The van der Waals surface area contributed by atoms with E-state index in [4.69, 9.17) is 5.73 Å². The highest BCUT2D eigenvalue weighted by Crippen LogP contribution is 2.29. The maximum absolute atomic E-state index is 11.9. The van der Waals surface area contributed by atoms with Gasteiger partial charge in [-0.05, 0) is 57.0 Å². The van der Waals surface area contributed by atoms with Gasteiger partial charge in [0.05, 0.1) is 11.4 Å². The van der Waals surface area contributed by atoms with Crippen molar-refractivity contribution in [3.05, 3.63) is 23.8 Å². The third-order valence-corrected chi connectivity index (χ3v) is 4.74. The lowest BCUT2D eigenvalue weighted by Crippen LogP contribution is -2.33. The minimum Gasteiger partial charge on any atom is -0.397 e. The second-order valence-corrected chi connectivity index (χ2v) is 7.22. The SMILES string of the molecule is CC1CCN(c2ccc(CCC(=O)NCCN(C)C)cc2N)CC1. The second kappa shape index (κ2) is 8.92. The van der Waals surface area contributed by atoms with Crippen molar-refractivity contribution in [3.63, 3.8) is 0 Å². The van der Waals surface area contributed by atoms with E-state index >= 15 is 0 Å². The quantitative estimate of drug-likeness (QED) is 0.751. The molecule has 5 nitrogen and oxygen atoms in total. The summed E-state index contributed by atoms with van der Waals surface area (Å²) < 4.78 is 0. The van der Waals surface area contributed by atoms with Crippen molar-refractivity contribution in [1.82, 2.24) is 10.2 Å². The Labute approximate surface area is 146 Å². The lowest BCUT2D eigenvalue weighted by Gasteiger charge is -2.33. The Hall–Kier alpha value is -1.75. The summed E-state index contributed by atoms with van der Waals surface area (Å²) in [4.78, 5) is 16.3. The van der Waals surface area contributed by atoms with E-state index in [0.29, 0.717) is 13.0 Å². The van der Waals surface area contributed by atoms with Crippen LogP contribution in [-0.4, -0.2) is 51.1 Å². The lowest BCUT2D eigenvalue weighted by molar-refractivity contribution is -0.121. The number of nitrogen functional groups attached to an aromatic ring is 1. The van der Waals surface area contributed by atoms with Crippen LogP contribution in [0.2, 0.25) is 0 Å². The summed E-state index contributed by atoms with van der Waals surface area (Å²) in [6.45, 7) is 6.04. The zero-order valence-corrected chi connectivity index (χ0v) is 15.3. The molecule has 0 radical (unpaired) electrons. The number of rotatable bonds is 7. The summed E-state index contributed by atoms with van der Waals surface area (Å²) in [7, 11) is 4.00. The predicted octanol–water partition coefficient (Wildman–Crippen LogP) is 2.12. The smallest absolute Gasteiger partial charge is 0.220 e. The van der Waals surface area contributed by atoms with E-state index in [1.165, 1.54) is 12.8 Å². The average Bonchev–Trinajstić information content (AvgIpc) is 2.54. The summed E-state index contributed by atoms with van der Waals surface area (Å²) in [6, 6.07) is 6.25. The first-order valence-corrected chi connectivity index (χ1v) is 9.00. The number of nitrogens with one attached hydrogen (secondary N) is 1. The minimum atomic E-state index is 0.101. The van der Waals surface area contributed by atoms with E-state index in [2.05, 4.69) is 34.2 Å². The molecule has 1 aromatic carbocycles. The van der Waals surface area contributed by atoms with Gasteiger partial charge in [0.15, 0.2) is 0 Å². The molecule has 0 unspecified atom stereocenters. The molecule has 0 aromatic heterocycles. The van der Waals surface area contributed by atoms with Gasteiger partial charge in [0.1, 0.15) is 0 Å². The topological polar surface area (TPSA) is 61.6 Å². The molecule has 3 N–H and O–H groups in total. The third kappa shape index (κ3) is 5.71. The first kappa shape index (κ1) is 18.6. The Balaban J connectivity index is 1.82. The van der Waals surface area contributed by atoms with Crippen molar-refractivity contribution in [3.8, 4) is 0 Å². The summed E-state index contributed by atoms with van der Waals surface area (Å²) in [6.07, 6.45) is 3.70. The summed E-state index contributed by atoms with van der Waals surface area (Å²) in [5.74, 6) is 0.914. The largest absolute Gasteiger partial charge is 0.397 e. The highest BCUT2D eigenvalue weighted by atomic mass is 16.1. The van der Waals surface area contributed by atoms with Crippen LogP contribution < -0.4 is 16.0 Å². The maximum atomic E-state index is 11.9. The molecule has 1 aromatic rings. The molecule has 0 saturated carbocycles. The standard InChI is InChI=1S/C19H32N4O/c1-15-8-11-23(12-9-15)18-6-4-16(14-17(18)20)5-7-19(24)21-10-13-22(2)3/h4,6,14-15H,5,7-13,20H2,1-3H3,(H,21,24). The van der Waals surface area contributed by atoms with Crippen LogP contribution in [0.3, 0.4) is 0 Å². The van der Waals surface area contributed by atoms with Crippen molar-refractivity contribution in [2.75, 3.05) is 50.9 Å². The van der Waals surface area contributed by atoms with Crippen LogP contribution in [-0.2, 0) is 11.2 Å². The highest BCUT2D eigenvalue weighted by molar-refractivity contribution is 5.76. The number of benzene rings is 1. The molecule has 5 heteroatoms. The van der Waals surface area contributed by atoms with E-state index in [1.54, 1.807) is 0 Å². The molecule has 1 heterocycles. The van der Waals surface area contributed by atoms with Gasteiger partial charge in [0.25, 0.3) is 0 Å². The van der Waals surface area contributed by atoms with Gasteiger partial charge in [-0.1, -0.05) is 13.0 Å². The van der Waals surface area contributed by atoms with Crippen molar-refractivity contribution >= 4 is 17.3 Å². The molecule has 134 valence electrons. The Bertz CT molecular complexity index is 536. The van der Waals surface area contributed by atoms with E-state index in [-0.39, 0.29) is 5.91 Å². The zero-order valence-electron chi connectivity index (χ0n) is 15.3. The van der Waals surface area contributed by atoms with E-state index in [9.17, 15) is 4.79 Å². The normalized spacial score (nSPS) is 15.8.